The van der Waals surface area contributed by atoms with Gasteiger partial charge in [0.15, 0.2) is 5.69 Å². The standard InChI is InChI=1S/C29H26F6N4O/c1-3-17(2)26(36)27(40)37-22-12-14-23(15-13-22)39-24(16-25(38-39)29(33,34)35)20-6-4-18(5-7-20)19-8-10-21(11-9-19)28(30,31)32/h4-17,26H,3,36H2,1-2H3,(H,37,40). The summed E-state index contributed by atoms with van der Waals surface area (Å²) in [6.45, 7) is 3.78. The fourth-order valence-electron chi connectivity index (χ4n) is 4.03. The van der Waals surface area contributed by atoms with Gasteiger partial charge < -0.3 is 11.1 Å². The molecule has 0 aliphatic rings. The molecule has 3 N–H and O–H groups in total. The number of nitrogens with zero attached hydrogens (tertiary/aromatic N) is 2. The predicted octanol–water partition coefficient (Wildman–Crippen LogP) is 7.56. The third-order valence-electron chi connectivity index (χ3n) is 6.67. The Kier molecular flexibility index (Phi) is 8.06. The molecule has 1 amide bonds. The third-order valence-corrected chi connectivity index (χ3v) is 6.67. The van der Waals surface area contributed by atoms with Gasteiger partial charge in [-0.15, -0.1) is 0 Å². The minimum atomic E-state index is -4.69. The Morgan fingerprint density at radius 1 is 0.850 bits per heavy atom. The van der Waals surface area contributed by atoms with Crippen LogP contribution in [0.1, 0.15) is 31.5 Å². The highest BCUT2D eigenvalue weighted by molar-refractivity contribution is 5.94. The van der Waals surface area contributed by atoms with E-state index in [2.05, 4.69) is 10.4 Å². The van der Waals surface area contributed by atoms with Crippen molar-refractivity contribution in [3.8, 4) is 28.1 Å². The fraction of sp³-hybridized carbons (Fsp3) is 0.241. The maximum atomic E-state index is 13.6. The van der Waals surface area contributed by atoms with Crippen LogP contribution in [0, 0.1) is 5.92 Å². The number of anilines is 1. The van der Waals surface area contributed by atoms with E-state index in [9.17, 15) is 31.1 Å². The molecule has 11 heteroatoms. The molecule has 0 aliphatic heterocycles. The van der Waals surface area contributed by atoms with Crippen molar-refractivity contribution < 1.29 is 31.1 Å². The van der Waals surface area contributed by atoms with Gasteiger partial charge in [-0.25, -0.2) is 4.68 Å². The highest BCUT2D eigenvalue weighted by Crippen LogP contribution is 2.35. The van der Waals surface area contributed by atoms with Crippen LogP contribution < -0.4 is 11.1 Å². The van der Waals surface area contributed by atoms with Crippen LogP contribution in [0.4, 0.5) is 32.0 Å². The molecule has 5 nitrogen and oxygen atoms in total. The number of nitrogens with one attached hydrogen (secondary N) is 1. The zero-order valence-electron chi connectivity index (χ0n) is 21.5. The van der Waals surface area contributed by atoms with Gasteiger partial charge in [0.2, 0.25) is 5.91 Å². The lowest BCUT2D eigenvalue weighted by Gasteiger charge is -2.18. The topological polar surface area (TPSA) is 72.9 Å². The summed E-state index contributed by atoms with van der Waals surface area (Å²) in [6.07, 6.45) is -8.43. The summed E-state index contributed by atoms with van der Waals surface area (Å²) in [5.41, 5.74) is 6.53. The number of halogens is 6. The second kappa shape index (κ2) is 11.2. The first-order valence-corrected chi connectivity index (χ1v) is 12.4. The van der Waals surface area contributed by atoms with Crippen molar-refractivity contribution >= 4 is 11.6 Å². The Morgan fingerprint density at radius 2 is 1.38 bits per heavy atom. The molecule has 0 saturated heterocycles. The van der Waals surface area contributed by atoms with Crippen LogP contribution in [0.15, 0.2) is 78.9 Å². The first-order chi connectivity index (χ1) is 18.8. The molecule has 2 unspecified atom stereocenters. The second-order valence-corrected chi connectivity index (χ2v) is 9.42. The molecule has 0 radical (unpaired) electrons. The maximum Gasteiger partial charge on any atom is 0.435 e. The molecular weight excluding hydrogens is 534 g/mol. The summed E-state index contributed by atoms with van der Waals surface area (Å²) in [7, 11) is 0. The molecule has 0 spiro atoms. The highest BCUT2D eigenvalue weighted by Gasteiger charge is 2.35. The van der Waals surface area contributed by atoms with Crippen LogP contribution in [0.5, 0.6) is 0 Å². The van der Waals surface area contributed by atoms with E-state index < -0.39 is 29.7 Å². The average Bonchev–Trinajstić information content (AvgIpc) is 3.38. The molecule has 210 valence electrons. The molecule has 4 rings (SSSR count). The number of hydrogen-bond donors (Lipinski definition) is 2. The van der Waals surface area contributed by atoms with Crippen molar-refractivity contribution in [2.24, 2.45) is 11.7 Å². The summed E-state index contributed by atoms with van der Waals surface area (Å²) in [5, 5.41) is 6.48. The van der Waals surface area contributed by atoms with Crippen LogP contribution in [0.25, 0.3) is 28.1 Å². The number of carbonyl (C=O) groups is 1. The molecule has 0 bridgehead atoms. The van der Waals surface area contributed by atoms with Crippen molar-refractivity contribution in [2.75, 3.05) is 5.32 Å². The molecule has 3 aromatic carbocycles. The van der Waals surface area contributed by atoms with Gasteiger partial charge >= 0.3 is 12.4 Å². The molecule has 0 fully saturated rings. The van der Waals surface area contributed by atoms with Gasteiger partial charge in [0.25, 0.3) is 0 Å². The SMILES string of the molecule is CCC(C)C(N)C(=O)Nc1ccc(-n2nc(C(F)(F)F)cc2-c2ccc(-c3ccc(C(F)(F)F)cc3)cc2)cc1. The lowest BCUT2D eigenvalue weighted by atomic mass is 9.99. The molecule has 4 aromatic rings. The molecule has 2 atom stereocenters. The van der Waals surface area contributed by atoms with Crippen LogP contribution in [0.2, 0.25) is 0 Å². The van der Waals surface area contributed by atoms with Crippen LogP contribution >= 0.6 is 0 Å². The molecule has 1 aromatic heterocycles. The third kappa shape index (κ3) is 6.36. The maximum absolute atomic E-state index is 13.6. The lowest BCUT2D eigenvalue weighted by molar-refractivity contribution is -0.141. The van der Waals surface area contributed by atoms with E-state index in [4.69, 9.17) is 5.73 Å². The van der Waals surface area contributed by atoms with E-state index in [0.717, 1.165) is 29.3 Å². The smallest absolute Gasteiger partial charge is 0.325 e. The number of amides is 1. The Hall–Kier alpha value is -4.12. The summed E-state index contributed by atoms with van der Waals surface area (Å²) in [6, 6.07) is 17.3. The monoisotopic (exact) mass is 560 g/mol. The van der Waals surface area contributed by atoms with Gasteiger partial charge in [-0.3, -0.25) is 4.79 Å². The Balaban J connectivity index is 1.63. The zero-order chi connectivity index (χ0) is 29.2. The number of alkyl halides is 6. The van der Waals surface area contributed by atoms with E-state index in [1.54, 1.807) is 36.4 Å². The van der Waals surface area contributed by atoms with Gasteiger partial charge in [0.1, 0.15) is 0 Å². The summed E-state index contributed by atoms with van der Waals surface area (Å²) in [4.78, 5) is 12.4. The highest BCUT2D eigenvalue weighted by atomic mass is 19.4. The zero-order valence-corrected chi connectivity index (χ0v) is 21.5. The second-order valence-electron chi connectivity index (χ2n) is 9.42. The van der Waals surface area contributed by atoms with Crippen molar-refractivity contribution in [2.45, 2.75) is 38.7 Å². The molecule has 0 saturated carbocycles. The lowest BCUT2D eigenvalue weighted by Crippen LogP contribution is -2.40. The largest absolute Gasteiger partial charge is 0.435 e. The van der Waals surface area contributed by atoms with Crippen molar-refractivity contribution in [1.82, 2.24) is 9.78 Å². The summed E-state index contributed by atoms with van der Waals surface area (Å²) < 4.78 is 80.5. The fourth-order valence-corrected chi connectivity index (χ4v) is 4.03. The van der Waals surface area contributed by atoms with Crippen molar-refractivity contribution in [1.29, 1.82) is 0 Å². The van der Waals surface area contributed by atoms with Crippen LogP contribution in [-0.2, 0) is 17.1 Å². The van der Waals surface area contributed by atoms with Crippen molar-refractivity contribution in [3.05, 3.63) is 90.1 Å². The molecular formula is C29H26F6N4O. The number of rotatable bonds is 7. The summed E-state index contributed by atoms with van der Waals surface area (Å²) >= 11 is 0. The Labute approximate surface area is 226 Å². The van der Waals surface area contributed by atoms with E-state index >= 15 is 0 Å². The van der Waals surface area contributed by atoms with Crippen LogP contribution in [-0.4, -0.2) is 21.7 Å². The van der Waals surface area contributed by atoms with E-state index in [1.165, 1.54) is 24.3 Å². The first kappa shape index (κ1) is 28.9. The van der Waals surface area contributed by atoms with Gasteiger partial charge in [0.05, 0.1) is 23.0 Å². The van der Waals surface area contributed by atoms with Gasteiger partial charge in [-0.1, -0.05) is 56.7 Å². The Morgan fingerprint density at radius 3 is 1.88 bits per heavy atom. The minimum Gasteiger partial charge on any atom is -0.325 e. The average molecular weight is 561 g/mol. The molecule has 0 aliphatic carbocycles. The number of carbonyl (C=O) groups excluding carboxylic acids is 1. The number of hydrogen-bond acceptors (Lipinski definition) is 3. The van der Waals surface area contributed by atoms with Gasteiger partial charge in [0, 0.05) is 11.3 Å². The number of benzene rings is 3. The quantitative estimate of drug-likeness (QED) is 0.229. The summed E-state index contributed by atoms with van der Waals surface area (Å²) in [5.74, 6) is -0.397. The number of nitrogens with two attached hydrogens (primary N) is 1. The van der Waals surface area contributed by atoms with Gasteiger partial charge in [-0.2, -0.15) is 31.4 Å². The number of aromatic nitrogens is 2. The van der Waals surface area contributed by atoms with Crippen molar-refractivity contribution in [3.63, 3.8) is 0 Å². The van der Waals surface area contributed by atoms with Gasteiger partial charge in [-0.05, 0) is 59.5 Å². The Bertz CT molecular complexity index is 1460. The first-order valence-electron chi connectivity index (χ1n) is 12.4. The predicted molar refractivity (Wildman–Crippen MR) is 141 cm³/mol. The van der Waals surface area contributed by atoms with E-state index in [0.29, 0.717) is 28.1 Å². The van der Waals surface area contributed by atoms with E-state index in [-0.39, 0.29) is 17.5 Å². The van der Waals surface area contributed by atoms with Crippen LogP contribution in [0.3, 0.4) is 0 Å². The molecule has 1 heterocycles. The van der Waals surface area contributed by atoms with E-state index in [1.807, 2.05) is 13.8 Å². The minimum absolute atomic E-state index is 0.0302. The normalized spacial score (nSPS) is 13.6. The molecule has 40 heavy (non-hydrogen) atoms.